The summed E-state index contributed by atoms with van der Waals surface area (Å²) in [6, 6.07) is 6.24. The minimum Gasteiger partial charge on any atom is -0.314 e. The summed E-state index contributed by atoms with van der Waals surface area (Å²) in [6.07, 6.45) is 2.47. The number of aryl methyl sites for hydroxylation is 1. The van der Waals surface area contributed by atoms with Crippen LogP contribution in [0.15, 0.2) is 18.2 Å². The summed E-state index contributed by atoms with van der Waals surface area (Å²) in [5.41, 5.74) is 1.92. The second-order valence-electron chi connectivity index (χ2n) is 5.52. The molecule has 1 nitrogen and oxygen atoms in total. The van der Waals surface area contributed by atoms with Crippen molar-refractivity contribution in [3.63, 3.8) is 0 Å². The lowest BCUT2D eigenvalue weighted by atomic mass is 9.70. The third-order valence-electron chi connectivity index (χ3n) is 3.83. The molecular formula is C15H22FN. The van der Waals surface area contributed by atoms with Gasteiger partial charge in [-0.2, -0.15) is 0 Å². The quantitative estimate of drug-likeness (QED) is 0.840. The van der Waals surface area contributed by atoms with Crippen molar-refractivity contribution in [2.45, 2.75) is 45.6 Å². The largest absolute Gasteiger partial charge is 0.314 e. The van der Waals surface area contributed by atoms with Gasteiger partial charge in [-0.15, -0.1) is 0 Å². The van der Waals surface area contributed by atoms with Crippen molar-refractivity contribution in [3.05, 3.63) is 35.1 Å². The van der Waals surface area contributed by atoms with Gasteiger partial charge in [0.1, 0.15) is 5.82 Å². The average Bonchev–Trinajstić information content (AvgIpc) is 2.21. The van der Waals surface area contributed by atoms with Gasteiger partial charge >= 0.3 is 0 Å². The molecular weight excluding hydrogens is 213 g/mol. The molecule has 1 aliphatic rings. The van der Waals surface area contributed by atoms with Gasteiger partial charge in [-0.05, 0) is 55.3 Å². The van der Waals surface area contributed by atoms with E-state index >= 15 is 0 Å². The minimum atomic E-state index is -0.0648. The van der Waals surface area contributed by atoms with E-state index in [0.717, 1.165) is 12.1 Å². The van der Waals surface area contributed by atoms with Crippen molar-refractivity contribution < 1.29 is 4.39 Å². The van der Waals surface area contributed by atoms with Crippen LogP contribution in [0, 0.1) is 18.7 Å². The van der Waals surface area contributed by atoms with Gasteiger partial charge in [0, 0.05) is 6.04 Å². The van der Waals surface area contributed by atoms with Crippen LogP contribution >= 0.6 is 0 Å². The molecule has 1 aliphatic carbocycles. The lowest BCUT2D eigenvalue weighted by Gasteiger charge is -2.38. The fraction of sp³-hybridized carbons (Fsp3) is 0.600. The molecule has 2 unspecified atom stereocenters. The molecule has 0 saturated heterocycles. The Hall–Kier alpha value is -0.890. The molecule has 0 radical (unpaired) electrons. The summed E-state index contributed by atoms with van der Waals surface area (Å²) in [6.45, 7) is 7.20. The van der Waals surface area contributed by atoms with Gasteiger partial charge in [0.05, 0.1) is 0 Å². The normalized spacial score (nSPS) is 23.8. The predicted molar refractivity (Wildman–Crippen MR) is 69.7 cm³/mol. The van der Waals surface area contributed by atoms with Gasteiger partial charge in [-0.25, -0.2) is 4.39 Å². The summed E-state index contributed by atoms with van der Waals surface area (Å²) in [7, 11) is 0. The van der Waals surface area contributed by atoms with Crippen LogP contribution < -0.4 is 5.32 Å². The van der Waals surface area contributed by atoms with Crippen molar-refractivity contribution in [1.29, 1.82) is 0 Å². The summed E-state index contributed by atoms with van der Waals surface area (Å²) < 4.78 is 13.5. The van der Waals surface area contributed by atoms with Crippen molar-refractivity contribution in [2.24, 2.45) is 5.92 Å². The van der Waals surface area contributed by atoms with Gasteiger partial charge in [0.15, 0.2) is 0 Å². The fourth-order valence-electron chi connectivity index (χ4n) is 2.48. The standard InChI is InChI=1S/C15H22FN/c1-10(2)17-9-13-6-7-14(13)12-5-4-11(3)15(16)8-12/h4-5,8,10,13-14,17H,6-7,9H2,1-3H3. The maximum absolute atomic E-state index is 13.5. The molecule has 0 spiro atoms. The van der Waals surface area contributed by atoms with Crippen LogP contribution in [0.25, 0.3) is 0 Å². The molecule has 1 aromatic rings. The van der Waals surface area contributed by atoms with Crippen molar-refractivity contribution in [3.8, 4) is 0 Å². The highest BCUT2D eigenvalue weighted by atomic mass is 19.1. The second kappa shape index (κ2) is 5.18. The number of hydrogen-bond acceptors (Lipinski definition) is 1. The van der Waals surface area contributed by atoms with Gasteiger partial charge < -0.3 is 5.32 Å². The lowest BCUT2D eigenvalue weighted by molar-refractivity contribution is 0.240. The van der Waals surface area contributed by atoms with Crippen LogP contribution in [0.3, 0.4) is 0 Å². The number of halogens is 1. The topological polar surface area (TPSA) is 12.0 Å². The van der Waals surface area contributed by atoms with Crippen LogP contribution in [0.5, 0.6) is 0 Å². The van der Waals surface area contributed by atoms with Gasteiger partial charge in [0.25, 0.3) is 0 Å². The van der Waals surface area contributed by atoms with Crippen LogP contribution in [-0.4, -0.2) is 12.6 Å². The van der Waals surface area contributed by atoms with E-state index in [-0.39, 0.29) is 5.82 Å². The monoisotopic (exact) mass is 235 g/mol. The number of nitrogens with one attached hydrogen (secondary N) is 1. The van der Waals surface area contributed by atoms with Gasteiger partial charge in [-0.3, -0.25) is 0 Å². The Morgan fingerprint density at radius 1 is 1.35 bits per heavy atom. The Balaban J connectivity index is 2.00. The molecule has 2 rings (SSSR count). The smallest absolute Gasteiger partial charge is 0.126 e. The van der Waals surface area contributed by atoms with Crippen LogP contribution in [0.2, 0.25) is 0 Å². The van der Waals surface area contributed by atoms with E-state index in [1.807, 2.05) is 13.0 Å². The van der Waals surface area contributed by atoms with Crippen molar-refractivity contribution in [1.82, 2.24) is 5.32 Å². The summed E-state index contributed by atoms with van der Waals surface area (Å²) in [4.78, 5) is 0. The molecule has 94 valence electrons. The SMILES string of the molecule is Cc1ccc(C2CCC2CNC(C)C)cc1F. The van der Waals surface area contributed by atoms with E-state index in [9.17, 15) is 4.39 Å². The lowest BCUT2D eigenvalue weighted by Crippen LogP contribution is -2.36. The number of hydrogen-bond donors (Lipinski definition) is 1. The molecule has 1 saturated carbocycles. The number of rotatable bonds is 4. The Kier molecular flexibility index (Phi) is 3.82. The summed E-state index contributed by atoms with van der Waals surface area (Å²) in [5, 5.41) is 3.48. The van der Waals surface area contributed by atoms with E-state index in [4.69, 9.17) is 0 Å². The molecule has 0 amide bonds. The molecule has 1 fully saturated rings. The first kappa shape index (κ1) is 12.6. The molecule has 17 heavy (non-hydrogen) atoms. The minimum absolute atomic E-state index is 0.0648. The zero-order valence-corrected chi connectivity index (χ0v) is 11.0. The van der Waals surface area contributed by atoms with E-state index in [0.29, 0.717) is 17.9 Å². The first-order valence-electron chi connectivity index (χ1n) is 6.57. The maximum atomic E-state index is 13.5. The predicted octanol–water partition coefficient (Wildman–Crippen LogP) is 3.63. The average molecular weight is 235 g/mol. The zero-order valence-electron chi connectivity index (χ0n) is 11.0. The van der Waals surface area contributed by atoms with Crippen LogP contribution in [-0.2, 0) is 0 Å². The van der Waals surface area contributed by atoms with E-state index < -0.39 is 0 Å². The maximum Gasteiger partial charge on any atom is 0.126 e. The Bertz CT molecular complexity index is 387. The van der Waals surface area contributed by atoms with E-state index in [2.05, 4.69) is 25.2 Å². The highest BCUT2D eigenvalue weighted by Crippen LogP contribution is 2.42. The molecule has 2 heteroatoms. The van der Waals surface area contributed by atoms with Crippen molar-refractivity contribution in [2.75, 3.05) is 6.54 Å². The summed E-state index contributed by atoms with van der Waals surface area (Å²) >= 11 is 0. The Morgan fingerprint density at radius 3 is 2.65 bits per heavy atom. The molecule has 2 atom stereocenters. The van der Waals surface area contributed by atoms with Crippen molar-refractivity contribution >= 4 is 0 Å². The molecule has 0 aromatic heterocycles. The molecule has 0 heterocycles. The Labute approximate surface area is 103 Å². The van der Waals surface area contributed by atoms with Gasteiger partial charge in [0.2, 0.25) is 0 Å². The molecule has 0 aliphatic heterocycles. The third kappa shape index (κ3) is 2.86. The molecule has 0 bridgehead atoms. The van der Waals surface area contributed by atoms with E-state index in [1.54, 1.807) is 6.07 Å². The van der Waals surface area contributed by atoms with E-state index in [1.165, 1.54) is 18.4 Å². The van der Waals surface area contributed by atoms with Crippen LogP contribution in [0.4, 0.5) is 4.39 Å². The zero-order chi connectivity index (χ0) is 12.4. The second-order valence-corrected chi connectivity index (χ2v) is 5.52. The first-order chi connectivity index (χ1) is 8.08. The molecule has 1 aromatic carbocycles. The fourth-order valence-corrected chi connectivity index (χ4v) is 2.48. The number of benzene rings is 1. The molecule has 1 N–H and O–H groups in total. The van der Waals surface area contributed by atoms with Crippen LogP contribution in [0.1, 0.15) is 43.7 Å². The Morgan fingerprint density at radius 2 is 2.12 bits per heavy atom. The summed E-state index contributed by atoms with van der Waals surface area (Å²) in [5.74, 6) is 1.17. The van der Waals surface area contributed by atoms with Gasteiger partial charge in [-0.1, -0.05) is 26.0 Å². The highest BCUT2D eigenvalue weighted by molar-refractivity contribution is 5.28. The highest BCUT2D eigenvalue weighted by Gasteiger charge is 2.31. The third-order valence-corrected chi connectivity index (χ3v) is 3.83. The first-order valence-corrected chi connectivity index (χ1v) is 6.57.